The molecule has 5 nitrogen and oxygen atoms in total. The number of hydrogen-bond acceptors (Lipinski definition) is 4. The molecule has 1 aromatic carbocycles. The van der Waals surface area contributed by atoms with Crippen molar-refractivity contribution in [3.8, 4) is 5.75 Å². The molecule has 2 unspecified atom stereocenters. The fourth-order valence-corrected chi connectivity index (χ4v) is 2.87. The number of rotatable bonds is 5. The highest BCUT2D eigenvalue weighted by Crippen LogP contribution is 2.36. The van der Waals surface area contributed by atoms with Gasteiger partial charge in [0, 0.05) is 36.5 Å². The van der Waals surface area contributed by atoms with Crippen molar-refractivity contribution in [2.24, 2.45) is 12.9 Å². The average molecular weight is 272 g/mol. The molecule has 0 spiro atoms. The Morgan fingerprint density at radius 1 is 1.45 bits per heavy atom. The van der Waals surface area contributed by atoms with Crippen LogP contribution in [0.1, 0.15) is 23.6 Å². The van der Waals surface area contributed by atoms with E-state index < -0.39 is 0 Å². The van der Waals surface area contributed by atoms with Gasteiger partial charge in [0.1, 0.15) is 5.75 Å². The summed E-state index contributed by atoms with van der Waals surface area (Å²) in [5, 5.41) is 4.19. The molecule has 0 radical (unpaired) electrons. The summed E-state index contributed by atoms with van der Waals surface area (Å²) in [5.41, 5.74) is 5.43. The van der Waals surface area contributed by atoms with Crippen LogP contribution in [0.2, 0.25) is 0 Å². The van der Waals surface area contributed by atoms with Crippen LogP contribution in [0.25, 0.3) is 0 Å². The molecule has 1 aliphatic rings. The molecule has 0 bridgehead atoms. The Bertz CT molecular complexity index is 581. The van der Waals surface area contributed by atoms with Crippen molar-refractivity contribution < 1.29 is 4.74 Å². The molecule has 0 saturated heterocycles. The number of nitrogens with two attached hydrogens (primary N) is 1. The molecular weight excluding hydrogens is 252 g/mol. The van der Waals surface area contributed by atoms with Gasteiger partial charge in [-0.05, 0) is 25.0 Å². The molecule has 0 saturated carbocycles. The Labute approximate surface area is 118 Å². The van der Waals surface area contributed by atoms with Crippen LogP contribution in [-0.2, 0) is 13.5 Å². The molecule has 2 atom stereocenters. The molecule has 106 valence electrons. The van der Waals surface area contributed by atoms with Crippen molar-refractivity contribution in [2.75, 3.05) is 6.61 Å². The standard InChI is InChI=1S/C15H20N4O/c1-19-11(8-9-17-19)6-7-14(18-16)13-10-20-15-5-3-2-4-12(13)15/h2-5,8-9,13-14,18H,6-7,10,16H2,1H3. The largest absolute Gasteiger partial charge is 0.493 e. The van der Waals surface area contributed by atoms with Crippen LogP contribution in [0.3, 0.4) is 0 Å². The minimum absolute atomic E-state index is 0.202. The lowest BCUT2D eigenvalue weighted by Crippen LogP contribution is -2.40. The SMILES string of the molecule is Cn1nccc1CCC(NN)C1COc2ccccc21. The fourth-order valence-electron chi connectivity index (χ4n) is 2.87. The molecule has 1 aliphatic heterocycles. The van der Waals surface area contributed by atoms with Crippen molar-refractivity contribution in [1.82, 2.24) is 15.2 Å². The highest BCUT2D eigenvalue weighted by Gasteiger charge is 2.30. The lowest BCUT2D eigenvalue weighted by atomic mass is 9.90. The number of hydrogen-bond donors (Lipinski definition) is 2. The molecule has 0 aliphatic carbocycles. The Morgan fingerprint density at radius 3 is 3.05 bits per heavy atom. The molecule has 2 heterocycles. The molecule has 3 rings (SSSR count). The molecule has 5 heteroatoms. The van der Waals surface area contributed by atoms with Crippen LogP contribution in [0.4, 0.5) is 0 Å². The first-order valence-corrected chi connectivity index (χ1v) is 6.94. The van der Waals surface area contributed by atoms with Crippen molar-refractivity contribution in [2.45, 2.75) is 24.8 Å². The van der Waals surface area contributed by atoms with E-state index in [1.807, 2.05) is 36.1 Å². The lowest BCUT2D eigenvalue weighted by Gasteiger charge is -2.22. The summed E-state index contributed by atoms with van der Waals surface area (Å²) < 4.78 is 7.65. The zero-order valence-electron chi connectivity index (χ0n) is 11.6. The second-order valence-electron chi connectivity index (χ2n) is 5.21. The van der Waals surface area contributed by atoms with E-state index in [1.165, 1.54) is 11.3 Å². The Kier molecular flexibility index (Phi) is 3.71. The van der Waals surface area contributed by atoms with Gasteiger partial charge in [-0.1, -0.05) is 18.2 Å². The van der Waals surface area contributed by atoms with Gasteiger partial charge in [-0.15, -0.1) is 0 Å². The second-order valence-corrected chi connectivity index (χ2v) is 5.21. The zero-order valence-corrected chi connectivity index (χ0v) is 11.6. The van der Waals surface area contributed by atoms with Crippen LogP contribution in [-0.4, -0.2) is 22.4 Å². The number of aromatic nitrogens is 2. The minimum Gasteiger partial charge on any atom is -0.493 e. The van der Waals surface area contributed by atoms with E-state index in [4.69, 9.17) is 10.6 Å². The molecule has 0 amide bonds. The monoisotopic (exact) mass is 272 g/mol. The first-order valence-electron chi connectivity index (χ1n) is 6.94. The van der Waals surface area contributed by atoms with E-state index >= 15 is 0 Å². The van der Waals surface area contributed by atoms with Gasteiger partial charge < -0.3 is 4.74 Å². The van der Waals surface area contributed by atoms with Gasteiger partial charge in [0.2, 0.25) is 0 Å². The Hall–Kier alpha value is -1.85. The fraction of sp³-hybridized carbons (Fsp3) is 0.400. The number of ether oxygens (including phenoxy) is 1. The molecule has 3 N–H and O–H groups in total. The normalized spacial score (nSPS) is 18.6. The number of nitrogens with one attached hydrogen (secondary N) is 1. The first-order chi connectivity index (χ1) is 9.79. The summed E-state index contributed by atoms with van der Waals surface area (Å²) in [5.74, 6) is 7.05. The summed E-state index contributed by atoms with van der Waals surface area (Å²) in [6.45, 7) is 0.694. The average Bonchev–Trinajstić information content (AvgIpc) is 3.07. The molecular formula is C15H20N4O. The minimum atomic E-state index is 0.202. The van der Waals surface area contributed by atoms with Crippen LogP contribution in [0, 0.1) is 0 Å². The third kappa shape index (κ3) is 2.42. The predicted molar refractivity (Wildman–Crippen MR) is 77.3 cm³/mol. The van der Waals surface area contributed by atoms with E-state index in [9.17, 15) is 0 Å². The van der Waals surface area contributed by atoms with Gasteiger partial charge >= 0.3 is 0 Å². The van der Waals surface area contributed by atoms with Gasteiger partial charge in [-0.25, -0.2) is 0 Å². The van der Waals surface area contributed by atoms with E-state index in [-0.39, 0.29) is 6.04 Å². The van der Waals surface area contributed by atoms with Crippen LogP contribution < -0.4 is 16.0 Å². The summed E-state index contributed by atoms with van der Waals surface area (Å²) in [4.78, 5) is 0. The molecule has 1 aromatic heterocycles. The summed E-state index contributed by atoms with van der Waals surface area (Å²) in [6.07, 6.45) is 3.73. The predicted octanol–water partition coefficient (Wildman–Crippen LogP) is 1.36. The number of fused-ring (bicyclic) bond motifs is 1. The topological polar surface area (TPSA) is 65.1 Å². The maximum absolute atomic E-state index is 5.76. The second kappa shape index (κ2) is 5.64. The number of para-hydroxylation sites is 1. The first kappa shape index (κ1) is 13.1. The molecule has 0 fully saturated rings. The third-order valence-electron chi connectivity index (χ3n) is 4.07. The Balaban J connectivity index is 1.70. The van der Waals surface area contributed by atoms with Crippen molar-refractivity contribution in [3.63, 3.8) is 0 Å². The quantitative estimate of drug-likeness (QED) is 0.637. The van der Waals surface area contributed by atoms with E-state index in [2.05, 4.69) is 22.7 Å². The van der Waals surface area contributed by atoms with Gasteiger partial charge in [0.15, 0.2) is 0 Å². The number of nitrogens with zero attached hydrogens (tertiary/aromatic N) is 2. The van der Waals surface area contributed by atoms with Crippen molar-refractivity contribution in [3.05, 3.63) is 47.8 Å². The third-order valence-corrected chi connectivity index (χ3v) is 4.07. The van der Waals surface area contributed by atoms with Gasteiger partial charge in [-0.2, -0.15) is 5.10 Å². The molecule has 20 heavy (non-hydrogen) atoms. The van der Waals surface area contributed by atoms with Crippen molar-refractivity contribution >= 4 is 0 Å². The Morgan fingerprint density at radius 2 is 2.30 bits per heavy atom. The van der Waals surface area contributed by atoms with Crippen LogP contribution in [0.15, 0.2) is 36.5 Å². The van der Waals surface area contributed by atoms with Gasteiger partial charge in [0.05, 0.1) is 6.61 Å². The van der Waals surface area contributed by atoms with Gasteiger partial charge in [-0.3, -0.25) is 16.0 Å². The van der Waals surface area contributed by atoms with Crippen LogP contribution >= 0.6 is 0 Å². The molecule has 2 aromatic rings. The van der Waals surface area contributed by atoms with E-state index in [0.29, 0.717) is 12.5 Å². The van der Waals surface area contributed by atoms with Crippen molar-refractivity contribution in [1.29, 1.82) is 0 Å². The number of benzene rings is 1. The zero-order chi connectivity index (χ0) is 13.9. The maximum Gasteiger partial charge on any atom is 0.122 e. The maximum atomic E-state index is 5.76. The smallest absolute Gasteiger partial charge is 0.122 e. The van der Waals surface area contributed by atoms with Crippen LogP contribution in [0.5, 0.6) is 5.75 Å². The number of aryl methyl sites for hydroxylation is 2. The summed E-state index contributed by atoms with van der Waals surface area (Å²) in [7, 11) is 1.97. The van der Waals surface area contributed by atoms with Gasteiger partial charge in [0.25, 0.3) is 0 Å². The van der Waals surface area contributed by atoms with E-state index in [0.717, 1.165) is 18.6 Å². The number of hydrazine groups is 1. The van der Waals surface area contributed by atoms with E-state index in [1.54, 1.807) is 0 Å². The lowest BCUT2D eigenvalue weighted by molar-refractivity contribution is 0.292. The summed E-state index contributed by atoms with van der Waals surface area (Å²) in [6, 6.07) is 10.4. The highest BCUT2D eigenvalue weighted by molar-refractivity contribution is 5.40. The summed E-state index contributed by atoms with van der Waals surface area (Å²) >= 11 is 0. The highest BCUT2D eigenvalue weighted by atomic mass is 16.5.